The maximum Gasteiger partial charge on any atom is 0.256 e. The quantitative estimate of drug-likeness (QED) is 0.162. The Kier molecular flexibility index (Phi) is 7.59. The molecule has 5 nitrogen and oxygen atoms in total. The summed E-state index contributed by atoms with van der Waals surface area (Å²) < 4.78 is 16.1. The third kappa shape index (κ3) is 5.27. The molecule has 4 heterocycles. The topological polar surface area (TPSA) is 29.9 Å². The fourth-order valence-corrected chi connectivity index (χ4v) is 10.5. The van der Waals surface area contributed by atoms with Crippen molar-refractivity contribution in [3.05, 3.63) is 217 Å². The van der Waals surface area contributed by atoms with Crippen LogP contribution < -0.4 is 35.7 Å². The lowest BCUT2D eigenvalue weighted by molar-refractivity contribution is 0.418. The summed E-state index contributed by atoms with van der Waals surface area (Å²) in [5.41, 5.74) is 15.4. The van der Waals surface area contributed by atoms with Gasteiger partial charge in [-0.1, -0.05) is 123 Å². The van der Waals surface area contributed by atoms with E-state index in [2.05, 4.69) is 216 Å². The van der Waals surface area contributed by atoms with Crippen LogP contribution in [0.1, 0.15) is 25.0 Å². The Morgan fingerprint density at radius 2 is 1.21 bits per heavy atom. The summed E-state index contributed by atoms with van der Waals surface area (Å²) in [5.74, 6) is 3.45. The Morgan fingerprint density at radius 3 is 2.05 bits per heavy atom. The van der Waals surface area contributed by atoms with Crippen molar-refractivity contribution in [2.45, 2.75) is 19.3 Å². The van der Waals surface area contributed by atoms with Crippen molar-refractivity contribution in [3.8, 4) is 28.7 Å². The van der Waals surface area contributed by atoms with E-state index in [1.54, 1.807) is 0 Å². The summed E-state index contributed by atoms with van der Waals surface area (Å²) in [4.78, 5) is 4.67. The van der Waals surface area contributed by atoms with E-state index in [0.29, 0.717) is 0 Å². The molecule has 0 N–H and O–H groups in total. The van der Waals surface area contributed by atoms with Gasteiger partial charge in [-0.15, -0.1) is 0 Å². The predicted octanol–water partition coefficient (Wildman–Crippen LogP) is 12.7. The lowest BCUT2D eigenvalue weighted by atomic mass is 9.34. The van der Waals surface area contributed by atoms with Gasteiger partial charge in [0, 0.05) is 79.6 Å². The lowest BCUT2D eigenvalue weighted by Gasteiger charge is -2.40. The summed E-state index contributed by atoms with van der Waals surface area (Å²) in [6, 6.07) is 75.4. The van der Waals surface area contributed by atoms with Gasteiger partial charge in [-0.05, 0) is 95.3 Å². The smallest absolute Gasteiger partial charge is 0.256 e. The molecule has 0 spiro atoms. The van der Waals surface area contributed by atoms with E-state index >= 15 is 0 Å². The molecule has 3 aliphatic rings. The molecular weight excluding hydrogens is 769 g/mol. The van der Waals surface area contributed by atoms with Crippen LogP contribution in [0.25, 0.3) is 27.5 Å². The van der Waals surface area contributed by atoms with Crippen molar-refractivity contribution in [2.75, 3.05) is 9.80 Å². The minimum Gasteiger partial charge on any atom is -0.458 e. The second-order valence-corrected chi connectivity index (χ2v) is 17.2. The molecule has 0 radical (unpaired) electrons. The molecule has 0 atom stereocenters. The molecule has 0 saturated carbocycles. The Hall–Kier alpha value is -8.14. The average molecular weight is 808 g/mol. The van der Waals surface area contributed by atoms with Crippen LogP contribution in [0.5, 0.6) is 23.0 Å². The number of nitrogens with zero attached hydrogens (tertiary/aromatic N) is 3. The molecule has 0 unspecified atom stereocenters. The van der Waals surface area contributed by atoms with Crippen molar-refractivity contribution >= 4 is 79.0 Å². The van der Waals surface area contributed by atoms with Gasteiger partial charge >= 0.3 is 0 Å². The van der Waals surface area contributed by atoms with E-state index in [0.717, 1.165) is 84.8 Å². The summed E-state index contributed by atoms with van der Waals surface area (Å²) in [6.07, 6.45) is 0. The normalized spacial score (nSPS) is 13.7. The minimum atomic E-state index is -0.211. The highest BCUT2D eigenvalue weighted by Crippen LogP contribution is 2.50. The minimum absolute atomic E-state index is 0.0904. The summed E-state index contributed by atoms with van der Waals surface area (Å²) in [7, 11) is 0. The molecule has 10 aromatic rings. The lowest BCUT2D eigenvalue weighted by Crippen LogP contribution is -2.59. The van der Waals surface area contributed by atoms with Crippen molar-refractivity contribution in [3.63, 3.8) is 0 Å². The van der Waals surface area contributed by atoms with E-state index in [-0.39, 0.29) is 12.1 Å². The molecular formula is C57H38BN3O2. The zero-order chi connectivity index (χ0) is 41.8. The summed E-state index contributed by atoms with van der Waals surface area (Å²) in [5, 5.41) is 2.43. The van der Waals surface area contributed by atoms with Crippen LogP contribution in [-0.2, 0) is 5.41 Å². The highest BCUT2D eigenvalue weighted by molar-refractivity contribution is 6.99. The third-order valence-corrected chi connectivity index (χ3v) is 13.3. The van der Waals surface area contributed by atoms with Gasteiger partial charge < -0.3 is 23.8 Å². The zero-order valence-corrected chi connectivity index (χ0v) is 34.7. The fraction of sp³-hybridized carbons (Fsp3) is 0.0526. The molecule has 0 aliphatic carbocycles. The molecule has 0 amide bonds. The second kappa shape index (κ2) is 13.4. The van der Waals surface area contributed by atoms with Gasteiger partial charge in [0.25, 0.3) is 6.71 Å². The van der Waals surface area contributed by atoms with Crippen LogP contribution in [0.15, 0.2) is 194 Å². The molecule has 1 aromatic heterocycles. The number of benzene rings is 8. The number of anilines is 6. The first kappa shape index (κ1) is 35.6. The molecule has 3 aliphatic heterocycles. The standard InChI is InChI=1S/C57H38BN3O2/c1-57(2)44-24-13-15-27-52(44)62-54-33-40(29-31-45(54)57)59(37-17-6-3-7-18-37)41-30-32-46-55(34-41)63-53-28-16-26-49-56(53)58(46)47-35-43-42-23-12-14-25-48(42)60(38-19-8-4-9-20-38)50(43)36-51(47)61(49)39-21-10-5-11-22-39/h3-4,6-10,12-36H,1-2H3. The van der Waals surface area contributed by atoms with Crippen molar-refractivity contribution in [1.29, 1.82) is 0 Å². The summed E-state index contributed by atoms with van der Waals surface area (Å²) in [6.45, 7) is 4.46. The van der Waals surface area contributed by atoms with Gasteiger partial charge in [0.2, 0.25) is 0 Å². The number of fused-ring (bicyclic) bond motifs is 9. The molecule has 0 bridgehead atoms. The van der Waals surface area contributed by atoms with Gasteiger partial charge in [-0.2, -0.15) is 0 Å². The van der Waals surface area contributed by atoms with E-state index in [1.165, 1.54) is 27.3 Å². The number of hydrogen-bond acceptors (Lipinski definition) is 4. The van der Waals surface area contributed by atoms with Crippen LogP contribution in [0, 0.1) is 12.1 Å². The van der Waals surface area contributed by atoms with Crippen LogP contribution in [-0.4, -0.2) is 11.3 Å². The Morgan fingerprint density at radius 1 is 0.492 bits per heavy atom. The number of ether oxygens (including phenoxy) is 2. The van der Waals surface area contributed by atoms with Crippen molar-refractivity contribution in [2.24, 2.45) is 0 Å². The maximum absolute atomic E-state index is 7.07. The number of rotatable bonds is 5. The zero-order valence-electron chi connectivity index (χ0n) is 34.7. The highest BCUT2D eigenvalue weighted by atomic mass is 16.5. The predicted molar refractivity (Wildman–Crippen MR) is 258 cm³/mol. The SMILES string of the molecule is CC1(C)c2ccccc2Oc2cc(N(c3ccccc3)c3ccc4c(c3)Oc3cccc5c3B4c3cc4c6ccccc6n(-c6ccccc6)c4cc3N5c3cc#ccc3)ccc21. The number of aromatic nitrogens is 1. The Balaban J connectivity index is 1.01. The van der Waals surface area contributed by atoms with E-state index < -0.39 is 0 Å². The molecule has 6 heteroatoms. The third-order valence-electron chi connectivity index (χ3n) is 13.3. The first-order valence-corrected chi connectivity index (χ1v) is 21.5. The van der Waals surface area contributed by atoms with Crippen molar-refractivity contribution in [1.82, 2.24) is 4.57 Å². The Bertz CT molecular complexity index is 3450. The van der Waals surface area contributed by atoms with Gasteiger partial charge in [-0.3, -0.25) is 0 Å². The van der Waals surface area contributed by atoms with Crippen LogP contribution in [0.2, 0.25) is 0 Å². The van der Waals surface area contributed by atoms with Crippen molar-refractivity contribution < 1.29 is 9.47 Å². The van der Waals surface area contributed by atoms with Gasteiger partial charge in [0.1, 0.15) is 23.0 Å². The van der Waals surface area contributed by atoms with Gasteiger partial charge in [0.15, 0.2) is 0 Å². The molecule has 296 valence electrons. The fourth-order valence-electron chi connectivity index (χ4n) is 10.5. The molecule has 63 heavy (non-hydrogen) atoms. The summed E-state index contributed by atoms with van der Waals surface area (Å²) >= 11 is 0. The Labute approximate surface area is 366 Å². The number of para-hydroxylation sites is 4. The van der Waals surface area contributed by atoms with E-state index in [4.69, 9.17) is 9.47 Å². The first-order chi connectivity index (χ1) is 31.0. The van der Waals surface area contributed by atoms with Gasteiger partial charge in [0.05, 0.1) is 16.7 Å². The first-order valence-electron chi connectivity index (χ1n) is 21.5. The molecule has 0 fully saturated rings. The average Bonchev–Trinajstić information content (AvgIpc) is 3.65. The molecule has 9 aromatic carbocycles. The highest BCUT2D eigenvalue weighted by Gasteiger charge is 2.43. The van der Waals surface area contributed by atoms with Crippen LogP contribution in [0.3, 0.4) is 0 Å². The van der Waals surface area contributed by atoms with Crippen LogP contribution in [0.4, 0.5) is 34.1 Å². The van der Waals surface area contributed by atoms with Crippen LogP contribution >= 0.6 is 0 Å². The van der Waals surface area contributed by atoms with E-state index in [9.17, 15) is 0 Å². The number of hydrogen-bond donors (Lipinski definition) is 0. The maximum atomic E-state index is 7.07. The monoisotopic (exact) mass is 807 g/mol. The second-order valence-electron chi connectivity index (χ2n) is 17.2. The molecule has 13 rings (SSSR count). The van der Waals surface area contributed by atoms with Gasteiger partial charge in [-0.25, -0.2) is 0 Å². The molecule has 0 saturated heterocycles. The van der Waals surface area contributed by atoms with E-state index in [1.807, 2.05) is 18.2 Å². The largest absolute Gasteiger partial charge is 0.458 e.